The van der Waals surface area contributed by atoms with Gasteiger partial charge in [0.05, 0.1) is 5.25 Å². The molecule has 106 valence electrons. The fourth-order valence-corrected chi connectivity index (χ4v) is 5.20. The Balaban J connectivity index is 1.91. The van der Waals surface area contributed by atoms with Crippen molar-refractivity contribution in [2.24, 2.45) is 0 Å². The second kappa shape index (κ2) is 7.61. The molecule has 0 amide bonds. The lowest BCUT2D eigenvalue weighted by molar-refractivity contribution is 0.0989. The zero-order chi connectivity index (χ0) is 12.8. The summed E-state index contributed by atoms with van der Waals surface area (Å²) < 4.78 is 18.1. The first-order valence-corrected chi connectivity index (χ1v) is 8.81. The molecule has 3 nitrogen and oxygen atoms in total. The van der Waals surface area contributed by atoms with Gasteiger partial charge >= 0.3 is 0 Å². The lowest BCUT2D eigenvalue weighted by Crippen LogP contribution is -2.47. The minimum Gasteiger partial charge on any atom is -0.381 e. The van der Waals surface area contributed by atoms with E-state index in [4.69, 9.17) is 4.74 Å². The fraction of sp³-hybridized carbons (Fsp3) is 1.00. The molecule has 1 saturated heterocycles. The van der Waals surface area contributed by atoms with Crippen molar-refractivity contribution in [3.8, 4) is 0 Å². The van der Waals surface area contributed by atoms with E-state index in [0.29, 0.717) is 16.5 Å². The highest BCUT2D eigenvalue weighted by atomic mass is 32.2. The van der Waals surface area contributed by atoms with Gasteiger partial charge in [-0.2, -0.15) is 0 Å². The molecule has 1 aliphatic heterocycles. The number of rotatable bonds is 5. The standard InChI is InChI=1S/C14H27NO2S/c1-2-9-15-13-5-3-4-6-14(13)18(16)12-7-10-17-11-8-12/h12-15H,2-11H2,1H3. The molecule has 0 aromatic rings. The molecule has 2 rings (SSSR count). The average Bonchev–Trinajstić information content (AvgIpc) is 2.45. The van der Waals surface area contributed by atoms with Crippen LogP contribution in [0, 0.1) is 0 Å². The Morgan fingerprint density at radius 2 is 1.89 bits per heavy atom. The van der Waals surface area contributed by atoms with Gasteiger partial charge in [0.2, 0.25) is 0 Å². The van der Waals surface area contributed by atoms with Crippen LogP contribution in [0.15, 0.2) is 0 Å². The van der Waals surface area contributed by atoms with Gasteiger partial charge in [0.15, 0.2) is 0 Å². The van der Waals surface area contributed by atoms with Crippen LogP contribution in [0.3, 0.4) is 0 Å². The topological polar surface area (TPSA) is 38.3 Å². The highest BCUT2D eigenvalue weighted by Crippen LogP contribution is 2.27. The number of hydrogen-bond acceptors (Lipinski definition) is 3. The predicted octanol–water partition coefficient (Wildman–Crippen LogP) is 2.22. The van der Waals surface area contributed by atoms with Crippen LogP contribution < -0.4 is 5.32 Å². The van der Waals surface area contributed by atoms with Crippen molar-refractivity contribution in [3.63, 3.8) is 0 Å². The number of hydrogen-bond donors (Lipinski definition) is 1. The lowest BCUT2D eigenvalue weighted by atomic mass is 9.95. The summed E-state index contributed by atoms with van der Waals surface area (Å²) in [6.07, 6.45) is 8.04. The molecule has 18 heavy (non-hydrogen) atoms. The van der Waals surface area contributed by atoms with E-state index in [-0.39, 0.29) is 0 Å². The Hall–Kier alpha value is 0.0700. The van der Waals surface area contributed by atoms with Gasteiger partial charge in [-0.1, -0.05) is 19.8 Å². The molecular weight excluding hydrogens is 246 g/mol. The molecule has 2 fully saturated rings. The van der Waals surface area contributed by atoms with Gasteiger partial charge in [-0.05, 0) is 38.6 Å². The van der Waals surface area contributed by atoms with Crippen molar-refractivity contribution in [2.45, 2.75) is 68.4 Å². The Morgan fingerprint density at radius 3 is 2.61 bits per heavy atom. The van der Waals surface area contributed by atoms with Crippen molar-refractivity contribution < 1.29 is 8.95 Å². The van der Waals surface area contributed by atoms with Gasteiger partial charge in [-0.3, -0.25) is 4.21 Å². The Labute approximate surface area is 114 Å². The molecule has 1 heterocycles. The first kappa shape index (κ1) is 14.5. The van der Waals surface area contributed by atoms with Crippen molar-refractivity contribution in [2.75, 3.05) is 19.8 Å². The molecule has 4 heteroatoms. The summed E-state index contributed by atoms with van der Waals surface area (Å²) in [6, 6.07) is 0.488. The van der Waals surface area contributed by atoms with Crippen LogP contribution >= 0.6 is 0 Å². The number of nitrogens with one attached hydrogen (secondary N) is 1. The van der Waals surface area contributed by atoms with Crippen LogP contribution in [-0.4, -0.2) is 40.5 Å². The lowest BCUT2D eigenvalue weighted by Gasteiger charge is -2.35. The second-order valence-electron chi connectivity index (χ2n) is 5.52. The van der Waals surface area contributed by atoms with Crippen LogP contribution in [0.2, 0.25) is 0 Å². The molecular formula is C14H27NO2S. The smallest absolute Gasteiger partial charge is 0.0504 e. The highest BCUT2D eigenvalue weighted by molar-refractivity contribution is 7.86. The molecule has 1 aliphatic carbocycles. The molecule has 3 unspecified atom stereocenters. The largest absolute Gasteiger partial charge is 0.381 e. The molecule has 0 spiro atoms. The zero-order valence-corrected chi connectivity index (χ0v) is 12.3. The third kappa shape index (κ3) is 3.78. The maximum Gasteiger partial charge on any atom is 0.0504 e. The second-order valence-corrected chi connectivity index (χ2v) is 7.45. The fourth-order valence-electron chi connectivity index (χ4n) is 3.09. The summed E-state index contributed by atoms with van der Waals surface area (Å²) in [5.74, 6) is 0. The van der Waals surface area contributed by atoms with E-state index in [2.05, 4.69) is 12.2 Å². The summed E-state index contributed by atoms with van der Waals surface area (Å²) in [5, 5.41) is 4.38. The molecule has 1 N–H and O–H groups in total. The van der Waals surface area contributed by atoms with E-state index in [0.717, 1.165) is 45.4 Å². The van der Waals surface area contributed by atoms with E-state index in [1.54, 1.807) is 0 Å². The van der Waals surface area contributed by atoms with Gasteiger partial charge in [0.25, 0.3) is 0 Å². The summed E-state index contributed by atoms with van der Waals surface area (Å²) in [7, 11) is -0.669. The van der Waals surface area contributed by atoms with Gasteiger partial charge in [-0.25, -0.2) is 0 Å². The minimum atomic E-state index is -0.669. The van der Waals surface area contributed by atoms with Gasteiger partial charge in [-0.15, -0.1) is 0 Å². The van der Waals surface area contributed by atoms with Crippen LogP contribution in [0.4, 0.5) is 0 Å². The Morgan fingerprint density at radius 1 is 1.17 bits per heavy atom. The van der Waals surface area contributed by atoms with Gasteiger partial charge in [0, 0.05) is 35.3 Å². The highest BCUT2D eigenvalue weighted by Gasteiger charge is 2.33. The number of ether oxygens (including phenoxy) is 1. The van der Waals surface area contributed by atoms with Crippen LogP contribution in [-0.2, 0) is 15.5 Å². The summed E-state index contributed by atoms with van der Waals surface area (Å²) in [5.41, 5.74) is 0. The molecule has 0 radical (unpaired) electrons. The van der Waals surface area contributed by atoms with E-state index in [9.17, 15) is 4.21 Å². The average molecular weight is 273 g/mol. The van der Waals surface area contributed by atoms with E-state index in [1.807, 2.05) is 0 Å². The summed E-state index contributed by atoms with van der Waals surface area (Å²) >= 11 is 0. The van der Waals surface area contributed by atoms with Crippen molar-refractivity contribution in [3.05, 3.63) is 0 Å². The van der Waals surface area contributed by atoms with Crippen LogP contribution in [0.25, 0.3) is 0 Å². The van der Waals surface area contributed by atoms with Crippen LogP contribution in [0.5, 0.6) is 0 Å². The van der Waals surface area contributed by atoms with E-state index >= 15 is 0 Å². The Kier molecular flexibility index (Phi) is 6.12. The van der Waals surface area contributed by atoms with Gasteiger partial charge in [0.1, 0.15) is 0 Å². The van der Waals surface area contributed by atoms with Crippen molar-refractivity contribution in [1.29, 1.82) is 0 Å². The molecule has 1 saturated carbocycles. The van der Waals surface area contributed by atoms with E-state index < -0.39 is 10.8 Å². The molecule has 3 atom stereocenters. The van der Waals surface area contributed by atoms with Crippen molar-refractivity contribution in [1.82, 2.24) is 5.32 Å². The maximum atomic E-state index is 12.7. The third-order valence-electron chi connectivity index (χ3n) is 4.15. The normalized spacial score (nSPS) is 32.3. The predicted molar refractivity (Wildman–Crippen MR) is 76.3 cm³/mol. The molecule has 2 aliphatic rings. The quantitative estimate of drug-likeness (QED) is 0.835. The minimum absolute atomic E-state index is 0.382. The van der Waals surface area contributed by atoms with Crippen molar-refractivity contribution >= 4 is 10.8 Å². The van der Waals surface area contributed by atoms with E-state index in [1.165, 1.54) is 19.3 Å². The van der Waals surface area contributed by atoms with Gasteiger partial charge < -0.3 is 10.1 Å². The molecule has 0 aromatic carbocycles. The summed E-state index contributed by atoms with van der Waals surface area (Å²) in [4.78, 5) is 0. The first-order valence-electron chi connectivity index (χ1n) is 7.53. The maximum absolute atomic E-state index is 12.7. The first-order chi connectivity index (χ1) is 8.83. The van der Waals surface area contributed by atoms with Crippen LogP contribution in [0.1, 0.15) is 51.9 Å². The molecule has 0 aromatic heterocycles. The Bertz CT molecular complexity index is 267. The third-order valence-corrected chi connectivity index (χ3v) is 6.44. The monoisotopic (exact) mass is 273 g/mol. The zero-order valence-electron chi connectivity index (χ0n) is 11.5. The molecule has 0 bridgehead atoms. The SMILES string of the molecule is CCCNC1CCCCC1S(=O)C1CCOCC1. The summed E-state index contributed by atoms with van der Waals surface area (Å²) in [6.45, 7) is 4.86.